The van der Waals surface area contributed by atoms with Gasteiger partial charge in [0.15, 0.2) is 5.78 Å². The average molecular weight is 226 g/mol. The third-order valence-electron chi connectivity index (χ3n) is 1.70. The van der Waals surface area contributed by atoms with Gasteiger partial charge in [-0.25, -0.2) is 4.39 Å². The van der Waals surface area contributed by atoms with Gasteiger partial charge in [-0.15, -0.1) is 0 Å². The van der Waals surface area contributed by atoms with Crippen LogP contribution in [-0.2, 0) is 9.53 Å². The van der Waals surface area contributed by atoms with Gasteiger partial charge in [0.1, 0.15) is 12.2 Å². The van der Waals surface area contributed by atoms with E-state index in [1.54, 1.807) is 0 Å². The topological polar surface area (TPSA) is 43.4 Å². The second-order valence-electron chi connectivity index (χ2n) is 2.68. The van der Waals surface area contributed by atoms with Crippen LogP contribution in [0.25, 0.3) is 0 Å². The summed E-state index contributed by atoms with van der Waals surface area (Å²) in [6, 6.07) is 5.01. The summed E-state index contributed by atoms with van der Waals surface area (Å²) in [6.07, 6.45) is -0.317. The van der Waals surface area contributed by atoms with Crippen LogP contribution >= 0.6 is 0 Å². The molecule has 0 unspecified atom stereocenters. The number of benzene rings is 1. The molecule has 1 rings (SSSR count). The lowest BCUT2D eigenvalue weighted by Crippen LogP contribution is -2.09. The normalized spacial score (nSPS) is 8.75. The Labute approximate surface area is 94.2 Å². The van der Waals surface area contributed by atoms with Crippen LogP contribution in [-0.4, -0.2) is 18.9 Å². The van der Waals surface area contributed by atoms with Gasteiger partial charge in [-0.3, -0.25) is 9.59 Å². The molecular formula is C12H15FO3. The number of esters is 1. The maximum Gasteiger partial charge on any atom is 0.313 e. The largest absolute Gasteiger partial charge is 0.469 e. The third-order valence-corrected chi connectivity index (χ3v) is 1.70. The lowest BCUT2D eigenvalue weighted by molar-refractivity contribution is -0.139. The van der Waals surface area contributed by atoms with Gasteiger partial charge in [-0.1, -0.05) is 13.8 Å². The number of carbonyl (C=O) groups is 2. The fraction of sp³-hybridized carbons (Fsp3) is 0.333. The minimum atomic E-state index is -0.598. The van der Waals surface area contributed by atoms with Crippen LogP contribution < -0.4 is 0 Å². The van der Waals surface area contributed by atoms with E-state index >= 15 is 0 Å². The number of ketones is 1. The van der Waals surface area contributed by atoms with E-state index < -0.39 is 11.8 Å². The average Bonchev–Trinajstić information content (AvgIpc) is 2.32. The number of hydrogen-bond acceptors (Lipinski definition) is 3. The summed E-state index contributed by atoms with van der Waals surface area (Å²) in [6.45, 7) is 4.00. The summed E-state index contributed by atoms with van der Waals surface area (Å²) >= 11 is 0. The van der Waals surface area contributed by atoms with E-state index in [-0.39, 0.29) is 12.2 Å². The Morgan fingerprint density at radius 1 is 1.19 bits per heavy atom. The van der Waals surface area contributed by atoms with Crippen LogP contribution in [0.4, 0.5) is 4.39 Å². The van der Waals surface area contributed by atoms with Gasteiger partial charge in [0.2, 0.25) is 0 Å². The van der Waals surface area contributed by atoms with Crippen LogP contribution in [0.5, 0.6) is 0 Å². The van der Waals surface area contributed by atoms with Gasteiger partial charge in [0, 0.05) is 5.56 Å². The Morgan fingerprint density at radius 2 is 1.69 bits per heavy atom. The van der Waals surface area contributed by atoms with Gasteiger partial charge in [-0.05, 0) is 24.3 Å². The molecule has 0 heterocycles. The highest BCUT2D eigenvalue weighted by atomic mass is 19.1. The SMILES string of the molecule is CC.COC(=O)CC(=O)c1ccc(F)cc1. The number of hydrogen-bond donors (Lipinski definition) is 0. The Bertz CT molecular complexity index is 344. The van der Waals surface area contributed by atoms with E-state index in [0.29, 0.717) is 5.56 Å². The van der Waals surface area contributed by atoms with E-state index in [0.717, 1.165) is 0 Å². The Balaban J connectivity index is 0.00000106. The monoisotopic (exact) mass is 226 g/mol. The quantitative estimate of drug-likeness (QED) is 0.452. The first-order chi connectivity index (χ1) is 7.63. The fourth-order valence-corrected chi connectivity index (χ4v) is 0.941. The lowest BCUT2D eigenvalue weighted by Gasteiger charge is -1.99. The van der Waals surface area contributed by atoms with Crippen molar-refractivity contribution in [1.29, 1.82) is 0 Å². The zero-order valence-corrected chi connectivity index (χ0v) is 9.62. The molecule has 0 aliphatic heterocycles. The standard InChI is InChI=1S/C10H9FO3.C2H6/c1-14-10(13)6-9(12)7-2-4-8(11)5-3-7;1-2/h2-5H,6H2,1H3;1-2H3. The molecule has 0 bridgehead atoms. The number of carbonyl (C=O) groups excluding carboxylic acids is 2. The molecule has 0 amide bonds. The molecule has 0 aliphatic carbocycles. The molecule has 4 heteroatoms. The predicted octanol–water partition coefficient (Wildman–Crippen LogP) is 2.60. The minimum absolute atomic E-state index is 0.303. The number of ether oxygens (including phenoxy) is 1. The minimum Gasteiger partial charge on any atom is -0.469 e. The predicted molar refractivity (Wildman–Crippen MR) is 58.7 cm³/mol. The van der Waals surface area contributed by atoms with Crippen LogP contribution in [0.15, 0.2) is 24.3 Å². The molecular weight excluding hydrogens is 211 g/mol. The van der Waals surface area contributed by atoms with Crippen molar-refractivity contribution in [3.8, 4) is 0 Å². The third kappa shape index (κ3) is 4.68. The van der Waals surface area contributed by atoms with E-state index in [9.17, 15) is 14.0 Å². The van der Waals surface area contributed by atoms with Gasteiger partial charge in [0.05, 0.1) is 7.11 Å². The summed E-state index contributed by atoms with van der Waals surface area (Å²) in [5, 5.41) is 0. The first kappa shape index (κ1) is 14.3. The van der Waals surface area contributed by atoms with Crippen molar-refractivity contribution in [3.63, 3.8) is 0 Å². The lowest BCUT2D eigenvalue weighted by atomic mass is 10.1. The number of methoxy groups -OCH3 is 1. The molecule has 1 aromatic rings. The van der Waals surface area contributed by atoms with E-state index in [2.05, 4.69) is 4.74 Å². The molecule has 16 heavy (non-hydrogen) atoms. The number of halogens is 1. The van der Waals surface area contributed by atoms with Crippen molar-refractivity contribution in [2.45, 2.75) is 20.3 Å². The maximum atomic E-state index is 12.5. The van der Waals surface area contributed by atoms with E-state index in [4.69, 9.17) is 0 Å². The maximum absolute atomic E-state index is 12.5. The summed E-state index contributed by atoms with van der Waals surface area (Å²) in [7, 11) is 1.21. The van der Waals surface area contributed by atoms with Gasteiger partial charge in [0.25, 0.3) is 0 Å². The highest BCUT2D eigenvalue weighted by Gasteiger charge is 2.11. The summed E-state index contributed by atoms with van der Waals surface area (Å²) < 4.78 is 16.8. The van der Waals surface area contributed by atoms with Crippen molar-refractivity contribution in [2.24, 2.45) is 0 Å². The zero-order valence-electron chi connectivity index (χ0n) is 9.62. The van der Waals surface area contributed by atoms with Crippen LogP contribution in [0, 0.1) is 5.82 Å². The smallest absolute Gasteiger partial charge is 0.313 e. The molecule has 0 atom stereocenters. The van der Waals surface area contributed by atoms with Crippen LogP contribution in [0.1, 0.15) is 30.6 Å². The molecule has 0 radical (unpaired) electrons. The van der Waals surface area contributed by atoms with Gasteiger partial charge >= 0.3 is 5.97 Å². The first-order valence-electron chi connectivity index (χ1n) is 4.99. The molecule has 0 aliphatic rings. The molecule has 0 fully saturated rings. The second-order valence-corrected chi connectivity index (χ2v) is 2.68. The molecule has 3 nitrogen and oxygen atoms in total. The summed E-state index contributed by atoms with van der Waals surface area (Å²) in [5.41, 5.74) is 0.303. The molecule has 0 saturated heterocycles. The number of Topliss-reactive ketones (excluding diaryl/α,β-unsaturated/α-hetero) is 1. The molecule has 0 N–H and O–H groups in total. The summed E-state index contributed by atoms with van der Waals surface area (Å²) in [5.74, 6) is -1.39. The van der Waals surface area contributed by atoms with Crippen molar-refractivity contribution in [1.82, 2.24) is 0 Å². The Hall–Kier alpha value is -1.71. The first-order valence-corrected chi connectivity index (χ1v) is 4.99. The van der Waals surface area contributed by atoms with Crippen LogP contribution in [0.2, 0.25) is 0 Å². The molecule has 0 saturated carbocycles. The van der Waals surface area contributed by atoms with Crippen molar-refractivity contribution in [3.05, 3.63) is 35.6 Å². The van der Waals surface area contributed by atoms with Crippen molar-refractivity contribution < 1.29 is 18.7 Å². The van der Waals surface area contributed by atoms with Gasteiger partial charge < -0.3 is 4.74 Å². The zero-order chi connectivity index (χ0) is 12.6. The molecule has 1 aromatic carbocycles. The van der Waals surface area contributed by atoms with Crippen LogP contribution in [0.3, 0.4) is 0 Å². The Kier molecular flexibility index (Phi) is 6.76. The highest BCUT2D eigenvalue weighted by molar-refractivity contribution is 6.05. The van der Waals surface area contributed by atoms with Crippen molar-refractivity contribution >= 4 is 11.8 Å². The second kappa shape index (κ2) is 7.56. The highest BCUT2D eigenvalue weighted by Crippen LogP contribution is 2.06. The van der Waals surface area contributed by atoms with E-state index in [1.165, 1.54) is 31.4 Å². The molecule has 0 aromatic heterocycles. The van der Waals surface area contributed by atoms with E-state index in [1.807, 2.05) is 13.8 Å². The molecule has 0 spiro atoms. The van der Waals surface area contributed by atoms with Crippen molar-refractivity contribution in [2.75, 3.05) is 7.11 Å². The Morgan fingerprint density at radius 3 is 2.12 bits per heavy atom. The fourth-order valence-electron chi connectivity index (χ4n) is 0.941. The molecule has 88 valence electrons. The number of rotatable bonds is 3. The van der Waals surface area contributed by atoms with Gasteiger partial charge in [-0.2, -0.15) is 0 Å². The summed E-state index contributed by atoms with van der Waals surface area (Å²) in [4.78, 5) is 22.0.